The van der Waals surface area contributed by atoms with Gasteiger partial charge in [-0.3, -0.25) is 0 Å². The first kappa shape index (κ1) is 15.6. The van der Waals surface area contributed by atoms with Crippen LogP contribution in [0.4, 0.5) is 17.3 Å². The fourth-order valence-electron chi connectivity index (χ4n) is 1.75. The Bertz CT molecular complexity index is 665. The van der Waals surface area contributed by atoms with Crippen molar-refractivity contribution in [3.8, 4) is 12.0 Å². The molecule has 0 spiro atoms. The molecular weight excluding hydrogens is 284 g/mol. The van der Waals surface area contributed by atoms with E-state index in [1.807, 2.05) is 44.1 Å². The van der Waals surface area contributed by atoms with E-state index < -0.39 is 0 Å². The molecule has 2 aromatic rings. The lowest BCUT2D eigenvalue weighted by Crippen LogP contribution is -2.08. The van der Waals surface area contributed by atoms with Crippen molar-refractivity contribution in [2.45, 2.75) is 6.92 Å². The quantitative estimate of drug-likeness (QED) is 0.789. The maximum atomic E-state index is 4.98. The third-order valence-electron chi connectivity index (χ3n) is 2.81. The summed E-state index contributed by atoms with van der Waals surface area (Å²) in [5, 5.41) is 8.28. The molecule has 8 nitrogen and oxygen atoms in total. The van der Waals surface area contributed by atoms with Gasteiger partial charge in [-0.1, -0.05) is 6.07 Å². The molecule has 0 saturated heterocycles. The Labute approximate surface area is 128 Å². The second kappa shape index (κ2) is 6.79. The molecule has 0 fully saturated rings. The van der Waals surface area contributed by atoms with Crippen molar-refractivity contribution in [2.24, 2.45) is 10.2 Å². The van der Waals surface area contributed by atoms with Crippen LogP contribution in [0.15, 0.2) is 28.4 Å². The van der Waals surface area contributed by atoms with Gasteiger partial charge in [0.15, 0.2) is 0 Å². The van der Waals surface area contributed by atoms with Crippen LogP contribution in [-0.2, 0) is 0 Å². The number of anilines is 1. The van der Waals surface area contributed by atoms with Gasteiger partial charge in [-0.25, -0.2) is 0 Å². The molecule has 1 aromatic heterocycles. The molecule has 8 heteroatoms. The number of hydrogen-bond acceptors (Lipinski definition) is 8. The largest absolute Gasteiger partial charge is 0.467 e. The normalized spacial score (nSPS) is 10.8. The Morgan fingerprint density at radius 3 is 2.14 bits per heavy atom. The van der Waals surface area contributed by atoms with Crippen LogP contribution in [-0.4, -0.2) is 43.3 Å². The molecule has 0 amide bonds. The van der Waals surface area contributed by atoms with E-state index in [0.717, 1.165) is 16.9 Å². The van der Waals surface area contributed by atoms with Gasteiger partial charge in [-0.15, -0.1) is 15.2 Å². The van der Waals surface area contributed by atoms with Gasteiger partial charge in [-0.05, 0) is 24.6 Å². The number of ether oxygens (including phenoxy) is 2. The van der Waals surface area contributed by atoms with Crippen molar-refractivity contribution in [1.29, 1.82) is 0 Å². The van der Waals surface area contributed by atoms with E-state index >= 15 is 0 Å². The van der Waals surface area contributed by atoms with Gasteiger partial charge in [0.2, 0.25) is 0 Å². The second-order valence-corrected chi connectivity index (χ2v) is 4.70. The average molecular weight is 302 g/mol. The van der Waals surface area contributed by atoms with E-state index in [-0.39, 0.29) is 18.0 Å². The molecule has 0 bridgehead atoms. The smallest absolute Gasteiger partial charge is 0.324 e. The minimum absolute atomic E-state index is 0.120. The summed E-state index contributed by atoms with van der Waals surface area (Å²) in [6.45, 7) is 1.99. The van der Waals surface area contributed by atoms with Gasteiger partial charge >= 0.3 is 12.0 Å². The molecule has 1 aromatic carbocycles. The number of aromatic nitrogens is 3. The van der Waals surface area contributed by atoms with Crippen LogP contribution in [0.3, 0.4) is 0 Å². The average Bonchev–Trinajstić information content (AvgIpc) is 2.52. The van der Waals surface area contributed by atoms with Gasteiger partial charge in [0, 0.05) is 14.1 Å². The molecule has 1 heterocycles. The lowest BCUT2D eigenvalue weighted by atomic mass is 10.2. The standard InChI is InChI=1S/C14H18N6O2/c1-9-6-7-11(20(2)3)10(8-9)18-19-12-15-13(21-4)17-14(16-12)22-5/h6-8H,1-5H3. The highest BCUT2D eigenvalue weighted by molar-refractivity contribution is 5.67. The van der Waals surface area contributed by atoms with E-state index in [1.165, 1.54) is 14.2 Å². The fourth-order valence-corrected chi connectivity index (χ4v) is 1.75. The Morgan fingerprint density at radius 1 is 0.955 bits per heavy atom. The highest BCUT2D eigenvalue weighted by Gasteiger charge is 2.08. The van der Waals surface area contributed by atoms with Crippen LogP contribution >= 0.6 is 0 Å². The van der Waals surface area contributed by atoms with Gasteiger partial charge in [0.25, 0.3) is 5.95 Å². The van der Waals surface area contributed by atoms with Crippen molar-refractivity contribution >= 4 is 17.3 Å². The Morgan fingerprint density at radius 2 is 1.59 bits per heavy atom. The number of benzene rings is 1. The number of methoxy groups -OCH3 is 2. The maximum absolute atomic E-state index is 4.98. The first-order valence-electron chi connectivity index (χ1n) is 6.57. The first-order chi connectivity index (χ1) is 10.5. The molecule has 0 N–H and O–H groups in total. The van der Waals surface area contributed by atoms with E-state index in [4.69, 9.17) is 9.47 Å². The van der Waals surface area contributed by atoms with Gasteiger partial charge in [-0.2, -0.15) is 9.97 Å². The zero-order valence-electron chi connectivity index (χ0n) is 13.2. The molecule has 0 aliphatic rings. The molecule has 0 aliphatic carbocycles. The number of azo groups is 1. The zero-order chi connectivity index (χ0) is 16.1. The van der Waals surface area contributed by atoms with Crippen LogP contribution in [0, 0.1) is 6.92 Å². The van der Waals surface area contributed by atoms with Crippen LogP contribution in [0.1, 0.15) is 5.56 Å². The zero-order valence-corrected chi connectivity index (χ0v) is 13.2. The van der Waals surface area contributed by atoms with Gasteiger partial charge < -0.3 is 14.4 Å². The summed E-state index contributed by atoms with van der Waals surface area (Å²) in [4.78, 5) is 13.9. The fraction of sp³-hybridized carbons (Fsp3) is 0.357. The summed E-state index contributed by atoms with van der Waals surface area (Å²) in [6.07, 6.45) is 0. The summed E-state index contributed by atoms with van der Waals surface area (Å²) < 4.78 is 9.96. The maximum Gasteiger partial charge on any atom is 0.324 e. The van der Waals surface area contributed by atoms with Crippen molar-refractivity contribution in [3.05, 3.63) is 23.8 Å². The summed E-state index contributed by atoms with van der Waals surface area (Å²) in [6, 6.07) is 6.19. The first-order valence-corrected chi connectivity index (χ1v) is 6.57. The molecule has 2 rings (SSSR count). The van der Waals surface area contributed by atoms with Crippen LogP contribution in [0.25, 0.3) is 0 Å². The number of rotatable bonds is 5. The van der Waals surface area contributed by atoms with Crippen molar-refractivity contribution in [2.75, 3.05) is 33.2 Å². The molecular formula is C14H18N6O2. The molecule has 22 heavy (non-hydrogen) atoms. The predicted molar refractivity (Wildman–Crippen MR) is 82.6 cm³/mol. The molecule has 0 atom stereocenters. The topological polar surface area (TPSA) is 85.1 Å². The summed E-state index contributed by atoms with van der Waals surface area (Å²) in [5.74, 6) is 0.120. The SMILES string of the molecule is COc1nc(N=Nc2cc(C)ccc2N(C)C)nc(OC)n1. The monoisotopic (exact) mass is 302 g/mol. The minimum atomic E-state index is 0.120. The second-order valence-electron chi connectivity index (χ2n) is 4.70. The highest BCUT2D eigenvalue weighted by atomic mass is 16.5. The molecule has 0 aliphatic heterocycles. The Hall–Kier alpha value is -2.77. The minimum Gasteiger partial charge on any atom is -0.467 e. The third-order valence-corrected chi connectivity index (χ3v) is 2.81. The Balaban J connectivity index is 2.38. The summed E-state index contributed by atoms with van der Waals surface area (Å²) in [7, 11) is 6.80. The van der Waals surface area contributed by atoms with Gasteiger partial charge in [0.1, 0.15) is 5.69 Å². The number of hydrogen-bond donors (Lipinski definition) is 0. The number of aryl methyl sites for hydroxylation is 1. The van der Waals surface area contributed by atoms with E-state index in [2.05, 4.69) is 25.2 Å². The molecule has 0 unspecified atom stereocenters. The Kier molecular flexibility index (Phi) is 4.82. The molecule has 0 saturated carbocycles. The van der Waals surface area contributed by atoms with E-state index in [0.29, 0.717) is 0 Å². The molecule has 0 radical (unpaired) electrons. The van der Waals surface area contributed by atoms with E-state index in [1.54, 1.807) is 0 Å². The lowest BCUT2D eigenvalue weighted by molar-refractivity contribution is 0.340. The van der Waals surface area contributed by atoms with Crippen molar-refractivity contribution < 1.29 is 9.47 Å². The number of nitrogens with zero attached hydrogens (tertiary/aromatic N) is 6. The van der Waals surface area contributed by atoms with Crippen molar-refractivity contribution in [3.63, 3.8) is 0 Å². The summed E-state index contributed by atoms with van der Waals surface area (Å²) >= 11 is 0. The van der Waals surface area contributed by atoms with Crippen LogP contribution < -0.4 is 14.4 Å². The third kappa shape index (κ3) is 3.66. The molecule has 116 valence electrons. The van der Waals surface area contributed by atoms with E-state index in [9.17, 15) is 0 Å². The van der Waals surface area contributed by atoms with Crippen LogP contribution in [0.2, 0.25) is 0 Å². The van der Waals surface area contributed by atoms with Crippen molar-refractivity contribution in [1.82, 2.24) is 15.0 Å². The summed E-state index contributed by atoms with van der Waals surface area (Å²) in [5.41, 5.74) is 2.76. The lowest BCUT2D eigenvalue weighted by Gasteiger charge is -2.14. The van der Waals surface area contributed by atoms with Crippen LogP contribution in [0.5, 0.6) is 12.0 Å². The highest BCUT2D eigenvalue weighted by Crippen LogP contribution is 2.29. The van der Waals surface area contributed by atoms with Gasteiger partial charge in [0.05, 0.1) is 19.9 Å². The predicted octanol–water partition coefficient (Wildman–Crippen LogP) is 2.68.